The van der Waals surface area contributed by atoms with Crippen LogP contribution in [0.2, 0.25) is 0 Å². The van der Waals surface area contributed by atoms with Gasteiger partial charge < -0.3 is 20.2 Å². The Hall–Kier alpha value is -1.62. The number of aromatic nitrogens is 1. The number of rotatable bonds is 2. The molecule has 2 bridgehead atoms. The van der Waals surface area contributed by atoms with Crippen LogP contribution in [0.25, 0.3) is 11.0 Å². The molecule has 0 spiro atoms. The molecule has 1 saturated carbocycles. The summed E-state index contributed by atoms with van der Waals surface area (Å²) in [5.74, 6) is 1.15. The van der Waals surface area contributed by atoms with Crippen molar-refractivity contribution in [2.75, 3.05) is 5.32 Å². The van der Waals surface area contributed by atoms with E-state index in [1.165, 1.54) is 44.9 Å². The van der Waals surface area contributed by atoms with Crippen molar-refractivity contribution in [2.45, 2.75) is 82.0 Å². The summed E-state index contributed by atoms with van der Waals surface area (Å²) in [5, 5.41) is 26.0. The average molecular weight is 447 g/mol. The van der Waals surface area contributed by atoms with Gasteiger partial charge in [0.05, 0.1) is 16.8 Å². The van der Waals surface area contributed by atoms with Gasteiger partial charge in [0, 0.05) is 29.6 Å². The van der Waals surface area contributed by atoms with E-state index in [9.17, 15) is 5.11 Å². The first kappa shape index (κ1) is 19.7. The zero-order valence-corrected chi connectivity index (χ0v) is 17.5. The average Bonchev–Trinajstić information content (AvgIpc) is 3.28. The van der Waals surface area contributed by atoms with Gasteiger partial charge in [-0.2, -0.15) is 5.26 Å². The third-order valence-corrected chi connectivity index (χ3v) is 6.82. The Balaban J connectivity index is 0.000000177. The summed E-state index contributed by atoms with van der Waals surface area (Å²) in [7, 11) is 0. The molecular weight excluding hydrogens is 420 g/mol. The first-order chi connectivity index (χ1) is 13.6. The summed E-state index contributed by atoms with van der Waals surface area (Å²) >= 11 is 3.56. The summed E-state index contributed by atoms with van der Waals surface area (Å²) in [4.78, 5) is 4.39. The number of hydrogen-bond acceptors (Lipinski definition) is 6. The fourth-order valence-electron chi connectivity index (χ4n) is 4.60. The molecule has 3 N–H and O–H groups in total. The highest BCUT2D eigenvalue weighted by Crippen LogP contribution is 2.33. The van der Waals surface area contributed by atoms with Gasteiger partial charge in [-0.25, -0.2) is 4.98 Å². The predicted molar refractivity (Wildman–Crippen MR) is 112 cm³/mol. The van der Waals surface area contributed by atoms with Gasteiger partial charge >= 0.3 is 0 Å². The molecule has 7 heteroatoms. The van der Waals surface area contributed by atoms with E-state index in [4.69, 9.17) is 9.68 Å². The maximum Gasteiger partial charge on any atom is 0.204 e. The van der Waals surface area contributed by atoms with Crippen molar-refractivity contribution in [3.05, 3.63) is 22.5 Å². The van der Waals surface area contributed by atoms with Crippen LogP contribution in [0.3, 0.4) is 0 Å². The normalized spacial score (nSPS) is 27.1. The van der Waals surface area contributed by atoms with Gasteiger partial charge in [0.15, 0.2) is 5.58 Å². The second-order valence-electron chi connectivity index (χ2n) is 8.16. The summed E-state index contributed by atoms with van der Waals surface area (Å²) in [6.07, 6.45) is 12.5. The summed E-state index contributed by atoms with van der Waals surface area (Å²) in [5.41, 5.74) is 0.637. The van der Waals surface area contributed by atoms with Crippen molar-refractivity contribution < 1.29 is 9.52 Å². The monoisotopic (exact) mass is 446 g/mol. The number of halogens is 1. The highest BCUT2D eigenvalue weighted by atomic mass is 79.9. The summed E-state index contributed by atoms with van der Waals surface area (Å²) < 4.78 is 6.24. The third kappa shape index (κ3) is 4.51. The van der Waals surface area contributed by atoms with Gasteiger partial charge in [-0.1, -0.05) is 19.3 Å². The molecule has 4 heterocycles. The number of aliphatic hydroxyl groups excluding tert-OH is 1. The number of furan rings is 1. The van der Waals surface area contributed by atoms with Gasteiger partial charge in [0.25, 0.3) is 0 Å². The van der Waals surface area contributed by atoms with Crippen LogP contribution in [0, 0.1) is 11.3 Å². The van der Waals surface area contributed by atoms with Gasteiger partial charge in [-0.05, 0) is 54.5 Å². The Bertz CT molecular complexity index is 844. The Kier molecular flexibility index (Phi) is 6.19. The van der Waals surface area contributed by atoms with Crippen LogP contribution in [-0.2, 0) is 0 Å². The molecule has 3 aliphatic rings. The lowest BCUT2D eigenvalue weighted by Crippen LogP contribution is -2.40. The minimum Gasteiger partial charge on any atom is -0.444 e. The van der Waals surface area contributed by atoms with Crippen molar-refractivity contribution in [1.29, 1.82) is 5.26 Å². The molecule has 2 aromatic heterocycles. The van der Waals surface area contributed by atoms with Gasteiger partial charge in [-0.15, -0.1) is 0 Å². The van der Waals surface area contributed by atoms with Crippen molar-refractivity contribution in [3.63, 3.8) is 0 Å². The number of anilines is 1. The van der Waals surface area contributed by atoms with Crippen LogP contribution < -0.4 is 10.6 Å². The van der Waals surface area contributed by atoms with Crippen molar-refractivity contribution in [2.24, 2.45) is 0 Å². The highest BCUT2D eigenvalue weighted by Gasteiger charge is 2.32. The molecule has 0 aromatic carbocycles. The molecule has 2 aliphatic heterocycles. The lowest BCUT2D eigenvalue weighted by atomic mass is 9.95. The van der Waals surface area contributed by atoms with E-state index in [1.54, 1.807) is 12.3 Å². The van der Waals surface area contributed by atoms with E-state index in [1.807, 2.05) is 6.07 Å². The number of hydrogen-bond donors (Lipinski definition) is 3. The Morgan fingerprint density at radius 2 is 1.89 bits per heavy atom. The molecule has 6 nitrogen and oxygen atoms in total. The predicted octanol–water partition coefficient (Wildman–Crippen LogP) is 4.47. The van der Waals surface area contributed by atoms with E-state index in [0.717, 1.165) is 28.5 Å². The van der Waals surface area contributed by atoms with E-state index >= 15 is 0 Å². The second kappa shape index (κ2) is 8.81. The van der Waals surface area contributed by atoms with Gasteiger partial charge in [0.1, 0.15) is 11.9 Å². The minimum absolute atomic E-state index is 0.0104. The number of nitrogens with zero attached hydrogens (tertiary/aromatic N) is 2. The fraction of sp³-hybridized carbons (Fsp3) is 0.619. The van der Waals surface area contributed by atoms with Crippen molar-refractivity contribution in [3.8, 4) is 6.07 Å². The Morgan fingerprint density at radius 1 is 1.18 bits per heavy atom. The Labute approximate surface area is 173 Å². The molecule has 5 rings (SSSR count). The first-order valence-electron chi connectivity index (χ1n) is 10.3. The van der Waals surface area contributed by atoms with Gasteiger partial charge in [-0.3, -0.25) is 0 Å². The van der Waals surface area contributed by atoms with Crippen LogP contribution in [0.15, 0.2) is 21.2 Å². The number of nitrogens with one attached hydrogen (secondary N) is 2. The van der Waals surface area contributed by atoms with Crippen molar-refractivity contribution in [1.82, 2.24) is 10.3 Å². The fourth-order valence-corrected chi connectivity index (χ4v) is 5.13. The maximum absolute atomic E-state index is 9.25. The first-order valence-corrected chi connectivity index (χ1v) is 11.1. The molecule has 28 heavy (non-hydrogen) atoms. The molecule has 1 aliphatic carbocycles. The quantitative estimate of drug-likeness (QED) is 0.629. The van der Waals surface area contributed by atoms with E-state index in [2.05, 4.69) is 31.5 Å². The molecule has 2 unspecified atom stereocenters. The minimum atomic E-state index is -0.0104. The molecule has 0 amide bonds. The number of nitriles is 1. The molecule has 2 aromatic rings. The van der Waals surface area contributed by atoms with E-state index < -0.39 is 0 Å². The number of aliphatic hydroxyl groups is 1. The van der Waals surface area contributed by atoms with Crippen LogP contribution in [-0.4, -0.2) is 34.3 Å². The second-order valence-corrected chi connectivity index (χ2v) is 8.96. The lowest BCUT2D eigenvalue weighted by molar-refractivity contribution is 0.114. The zero-order valence-electron chi connectivity index (χ0n) is 16.0. The standard InChI is InChI=1S/C14H14BrN3O.C7H13NO/c15-13-11-6-10(7-16)19-12(11)8-17-14(13)18-9-4-2-1-3-5-9;9-7-3-5-1-2-6(4-7)8-5/h6,8-9H,1-5H2,(H,17,18);5-9H,1-4H2/t;5-,6?,7?/m.1/s1. The molecule has 0 radical (unpaired) electrons. The molecular formula is C21H27BrN4O2. The van der Waals surface area contributed by atoms with E-state index in [-0.39, 0.29) is 6.10 Å². The van der Waals surface area contributed by atoms with E-state index in [0.29, 0.717) is 29.5 Å². The SMILES string of the molecule is N#Cc1cc2c(Br)c(NC3CCCCC3)ncc2o1.OC1CC2CC[C@H](C1)N2. The Morgan fingerprint density at radius 3 is 2.57 bits per heavy atom. The number of pyridine rings is 1. The molecule has 2 saturated heterocycles. The number of piperidine rings is 1. The third-order valence-electron chi connectivity index (χ3n) is 6.02. The van der Waals surface area contributed by atoms with Crippen molar-refractivity contribution >= 4 is 32.7 Å². The topological polar surface area (TPSA) is 94.1 Å². The maximum atomic E-state index is 9.25. The molecule has 3 fully saturated rings. The smallest absolute Gasteiger partial charge is 0.204 e. The summed E-state index contributed by atoms with van der Waals surface area (Å²) in [6, 6.07) is 5.52. The van der Waals surface area contributed by atoms with Crippen LogP contribution in [0.1, 0.15) is 63.5 Å². The lowest BCUT2D eigenvalue weighted by Gasteiger charge is -2.24. The van der Waals surface area contributed by atoms with Crippen LogP contribution in [0.4, 0.5) is 5.82 Å². The number of fused-ring (bicyclic) bond motifs is 3. The molecule has 3 atom stereocenters. The van der Waals surface area contributed by atoms with Gasteiger partial charge in [0.2, 0.25) is 5.76 Å². The van der Waals surface area contributed by atoms with Crippen LogP contribution >= 0.6 is 15.9 Å². The zero-order chi connectivity index (χ0) is 19.5. The highest BCUT2D eigenvalue weighted by molar-refractivity contribution is 9.10. The largest absolute Gasteiger partial charge is 0.444 e. The van der Waals surface area contributed by atoms with Crippen LogP contribution in [0.5, 0.6) is 0 Å². The molecule has 150 valence electrons. The summed E-state index contributed by atoms with van der Waals surface area (Å²) in [6.45, 7) is 0.